The van der Waals surface area contributed by atoms with Crippen LogP contribution in [-0.4, -0.2) is 15.6 Å². The van der Waals surface area contributed by atoms with Crippen molar-refractivity contribution in [2.75, 3.05) is 0 Å². The van der Waals surface area contributed by atoms with E-state index in [4.69, 9.17) is 0 Å². The van der Waals surface area contributed by atoms with Crippen LogP contribution < -0.4 is 0 Å². The maximum atomic E-state index is 12.9. The number of hydrogen-bond acceptors (Lipinski definition) is 3. The second-order valence-electron chi connectivity index (χ2n) is 5.45. The molecular weight excluding hydrogens is 368 g/mol. The summed E-state index contributed by atoms with van der Waals surface area (Å²) in [5.74, 6) is -0.694. The summed E-state index contributed by atoms with van der Waals surface area (Å²) in [5.41, 5.74) is -0.0765. The van der Waals surface area contributed by atoms with Gasteiger partial charge in [0.2, 0.25) is 0 Å². The van der Waals surface area contributed by atoms with Crippen LogP contribution in [0.1, 0.15) is 21.6 Å². The molecule has 0 fully saturated rings. The quantitative estimate of drug-likeness (QED) is 0.474. The zero-order chi connectivity index (χ0) is 18.9. The Morgan fingerprint density at radius 2 is 1.54 bits per heavy atom. The number of carbonyl (C=O) groups excluding carboxylic acids is 1. The van der Waals surface area contributed by atoms with Gasteiger partial charge in [0.05, 0.1) is 0 Å². The molecule has 26 heavy (non-hydrogen) atoms. The van der Waals surface area contributed by atoms with Crippen LogP contribution in [0.5, 0.6) is 0 Å². The molecule has 0 radical (unpaired) electrons. The molecule has 0 unspecified atom stereocenters. The molecule has 2 aromatic carbocycles. The van der Waals surface area contributed by atoms with Crippen molar-refractivity contribution in [1.29, 1.82) is 0 Å². The fourth-order valence-corrected chi connectivity index (χ4v) is 3.17. The van der Waals surface area contributed by atoms with Gasteiger partial charge in [0.1, 0.15) is 16.5 Å². The Kier molecular flexibility index (Phi) is 4.86. The molecular formula is C18H12F4N2OS. The van der Waals surface area contributed by atoms with Crippen molar-refractivity contribution in [2.24, 2.45) is 7.05 Å². The van der Waals surface area contributed by atoms with Crippen molar-refractivity contribution in [3.63, 3.8) is 0 Å². The minimum absolute atomic E-state index is 0.206. The number of aryl methyl sites for hydroxylation is 1. The standard InChI is InChI=1S/C18H12F4N2OS/c1-24-15(18(20,21)22)10-16(23-24)26-14-8-4-12(5-9-14)17(25)11-2-6-13(19)7-3-11/h2-10H,1H3. The molecule has 0 saturated carbocycles. The number of benzene rings is 2. The second kappa shape index (κ2) is 6.95. The smallest absolute Gasteiger partial charge is 0.289 e. The molecule has 1 heterocycles. The van der Waals surface area contributed by atoms with Gasteiger partial charge in [-0.2, -0.15) is 18.3 Å². The highest BCUT2D eigenvalue weighted by molar-refractivity contribution is 7.99. The number of ketones is 1. The van der Waals surface area contributed by atoms with Crippen LogP contribution in [0.3, 0.4) is 0 Å². The maximum Gasteiger partial charge on any atom is 0.433 e. The van der Waals surface area contributed by atoms with Gasteiger partial charge >= 0.3 is 6.18 Å². The average molecular weight is 380 g/mol. The molecule has 0 atom stereocenters. The third kappa shape index (κ3) is 3.96. The number of carbonyl (C=O) groups is 1. The highest BCUT2D eigenvalue weighted by Gasteiger charge is 2.35. The van der Waals surface area contributed by atoms with Crippen LogP contribution in [-0.2, 0) is 13.2 Å². The lowest BCUT2D eigenvalue weighted by Gasteiger charge is -2.04. The van der Waals surface area contributed by atoms with Gasteiger partial charge in [-0.25, -0.2) is 4.39 Å². The van der Waals surface area contributed by atoms with Crippen molar-refractivity contribution in [3.8, 4) is 0 Å². The Morgan fingerprint density at radius 3 is 2.04 bits per heavy atom. The molecule has 8 heteroatoms. The van der Waals surface area contributed by atoms with Gasteiger partial charge in [0.15, 0.2) is 5.78 Å². The number of hydrogen-bond donors (Lipinski definition) is 0. The summed E-state index contributed by atoms with van der Waals surface area (Å²) in [6.07, 6.45) is -4.47. The van der Waals surface area contributed by atoms with E-state index in [-0.39, 0.29) is 10.8 Å². The number of halogens is 4. The lowest BCUT2D eigenvalue weighted by atomic mass is 10.0. The minimum atomic E-state index is -4.47. The van der Waals surface area contributed by atoms with E-state index in [1.807, 2.05) is 0 Å². The van der Waals surface area contributed by atoms with E-state index in [1.54, 1.807) is 24.3 Å². The van der Waals surface area contributed by atoms with Crippen molar-refractivity contribution < 1.29 is 22.4 Å². The van der Waals surface area contributed by atoms with Gasteiger partial charge in [-0.05, 0) is 48.5 Å². The molecule has 0 spiro atoms. The number of rotatable bonds is 4. The van der Waals surface area contributed by atoms with E-state index in [0.29, 0.717) is 16.0 Å². The topological polar surface area (TPSA) is 34.9 Å². The number of nitrogens with zero attached hydrogens (tertiary/aromatic N) is 2. The van der Waals surface area contributed by atoms with Crippen LogP contribution in [0.25, 0.3) is 0 Å². The second-order valence-corrected chi connectivity index (χ2v) is 6.55. The molecule has 0 aliphatic carbocycles. The summed E-state index contributed by atoms with van der Waals surface area (Å²) in [5, 5.41) is 4.05. The van der Waals surface area contributed by atoms with Crippen molar-refractivity contribution >= 4 is 17.5 Å². The van der Waals surface area contributed by atoms with Crippen LogP contribution >= 0.6 is 11.8 Å². The Bertz CT molecular complexity index is 931. The van der Waals surface area contributed by atoms with Crippen LogP contribution in [0.2, 0.25) is 0 Å². The van der Waals surface area contributed by atoms with E-state index in [2.05, 4.69) is 5.10 Å². The van der Waals surface area contributed by atoms with Gasteiger partial charge in [-0.3, -0.25) is 9.48 Å². The van der Waals surface area contributed by atoms with Crippen LogP contribution in [0.4, 0.5) is 17.6 Å². The first kappa shape index (κ1) is 18.2. The lowest BCUT2D eigenvalue weighted by molar-refractivity contribution is -0.143. The van der Waals surface area contributed by atoms with Gasteiger partial charge in [-0.15, -0.1) is 0 Å². The predicted octanol–water partition coefficient (Wildman–Crippen LogP) is 4.96. The lowest BCUT2D eigenvalue weighted by Crippen LogP contribution is -2.11. The summed E-state index contributed by atoms with van der Waals surface area (Å²) in [6.45, 7) is 0. The monoisotopic (exact) mass is 380 g/mol. The number of alkyl halides is 3. The molecule has 0 aliphatic rings. The normalized spacial score (nSPS) is 11.6. The summed E-state index contributed by atoms with van der Waals surface area (Å²) < 4.78 is 52.1. The zero-order valence-corrected chi connectivity index (χ0v) is 14.2. The van der Waals surface area contributed by atoms with Crippen molar-refractivity contribution in [1.82, 2.24) is 9.78 Å². The van der Waals surface area contributed by atoms with E-state index in [1.165, 1.54) is 31.3 Å². The highest BCUT2D eigenvalue weighted by Crippen LogP contribution is 2.34. The summed E-state index contributed by atoms with van der Waals surface area (Å²) in [6, 6.07) is 12.6. The van der Waals surface area contributed by atoms with Crippen molar-refractivity contribution in [2.45, 2.75) is 16.1 Å². The van der Waals surface area contributed by atoms with Crippen LogP contribution in [0, 0.1) is 5.82 Å². The van der Waals surface area contributed by atoms with E-state index < -0.39 is 17.7 Å². The molecule has 0 N–H and O–H groups in total. The van der Waals surface area contributed by atoms with E-state index in [9.17, 15) is 22.4 Å². The van der Waals surface area contributed by atoms with Gasteiger partial charge in [0, 0.05) is 29.1 Å². The minimum Gasteiger partial charge on any atom is -0.289 e. The Labute approximate surface area is 150 Å². The molecule has 0 saturated heterocycles. The SMILES string of the molecule is Cn1nc(Sc2ccc(C(=O)c3ccc(F)cc3)cc2)cc1C(F)(F)F. The van der Waals surface area contributed by atoms with E-state index in [0.717, 1.165) is 22.5 Å². The molecule has 0 bridgehead atoms. The fraction of sp³-hybridized carbons (Fsp3) is 0.111. The van der Waals surface area contributed by atoms with Gasteiger partial charge in [-0.1, -0.05) is 11.8 Å². The molecule has 134 valence electrons. The molecule has 0 aliphatic heterocycles. The first-order chi connectivity index (χ1) is 12.2. The zero-order valence-electron chi connectivity index (χ0n) is 13.4. The van der Waals surface area contributed by atoms with Crippen molar-refractivity contribution in [3.05, 3.63) is 77.2 Å². The Morgan fingerprint density at radius 1 is 1.00 bits per heavy atom. The third-order valence-electron chi connectivity index (χ3n) is 3.59. The first-order valence-electron chi connectivity index (χ1n) is 7.43. The largest absolute Gasteiger partial charge is 0.433 e. The first-order valence-corrected chi connectivity index (χ1v) is 8.25. The van der Waals surface area contributed by atoms with E-state index >= 15 is 0 Å². The summed E-state index contributed by atoms with van der Waals surface area (Å²) in [4.78, 5) is 13.0. The third-order valence-corrected chi connectivity index (χ3v) is 4.51. The number of aromatic nitrogens is 2. The molecule has 3 rings (SSSR count). The van der Waals surface area contributed by atoms with Gasteiger partial charge < -0.3 is 0 Å². The summed E-state index contributed by atoms with van der Waals surface area (Å²) in [7, 11) is 1.23. The Hall–Kier alpha value is -2.61. The molecule has 0 amide bonds. The Balaban J connectivity index is 1.76. The molecule has 3 aromatic rings. The molecule has 3 nitrogen and oxygen atoms in total. The predicted molar refractivity (Wildman–Crippen MR) is 88.6 cm³/mol. The average Bonchev–Trinajstić information content (AvgIpc) is 2.96. The highest BCUT2D eigenvalue weighted by atomic mass is 32.2. The van der Waals surface area contributed by atoms with Gasteiger partial charge in [0.25, 0.3) is 0 Å². The van der Waals surface area contributed by atoms with Crippen LogP contribution in [0.15, 0.2) is 64.5 Å². The summed E-state index contributed by atoms with van der Waals surface area (Å²) >= 11 is 1.06. The maximum absolute atomic E-state index is 12.9. The fourth-order valence-electron chi connectivity index (χ4n) is 2.32. The molecule has 1 aromatic heterocycles.